The van der Waals surface area contributed by atoms with Crippen LogP contribution in [0.5, 0.6) is 0 Å². The SMILES string of the molecule is CS(=O)(=O)Cc1ccccc1NC(=O)NC[C@@H]1Cc2ccccc2CO1. The van der Waals surface area contributed by atoms with Crippen LogP contribution in [0.15, 0.2) is 48.5 Å². The van der Waals surface area contributed by atoms with Crippen LogP contribution >= 0.6 is 0 Å². The Bertz CT molecular complexity index is 896. The predicted octanol–water partition coefficient (Wildman–Crippen LogP) is 2.49. The first-order chi connectivity index (χ1) is 12.4. The zero-order valence-electron chi connectivity index (χ0n) is 14.6. The fourth-order valence-electron chi connectivity index (χ4n) is 2.96. The fraction of sp³-hybridized carbons (Fsp3) is 0.316. The minimum atomic E-state index is -3.18. The Balaban J connectivity index is 1.56. The van der Waals surface area contributed by atoms with Crippen LogP contribution in [-0.4, -0.2) is 33.4 Å². The molecule has 0 spiro atoms. The van der Waals surface area contributed by atoms with Crippen LogP contribution < -0.4 is 10.6 Å². The minimum absolute atomic E-state index is 0.0816. The van der Waals surface area contributed by atoms with Crippen molar-refractivity contribution in [2.24, 2.45) is 0 Å². The highest BCUT2D eigenvalue weighted by molar-refractivity contribution is 7.89. The summed E-state index contributed by atoms with van der Waals surface area (Å²) in [5.74, 6) is -0.119. The number of rotatable bonds is 5. The van der Waals surface area contributed by atoms with Gasteiger partial charge in [0.2, 0.25) is 0 Å². The molecule has 1 heterocycles. The number of urea groups is 1. The van der Waals surface area contributed by atoms with Crippen molar-refractivity contribution in [1.29, 1.82) is 0 Å². The van der Waals surface area contributed by atoms with Crippen LogP contribution in [0.2, 0.25) is 0 Å². The van der Waals surface area contributed by atoms with Gasteiger partial charge in [0.15, 0.2) is 9.84 Å². The maximum Gasteiger partial charge on any atom is 0.319 e. The normalized spacial score (nSPS) is 16.6. The molecule has 0 unspecified atom stereocenters. The van der Waals surface area contributed by atoms with Gasteiger partial charge in [-0.05, 0) is 22.8 Å². The molecule has 1 aliphatic heterocycles. The van der Waals surface area contributed by atoms with Gasteiger partial charge in [-0.2, -0.15) is 0 Å². The van der Waals surface area contributed by atoms with E-state index in [0.29, 0.717) is 24.4 Å². The van der Waals surface area contributed by atoms with Crippen molar-refractivity contribution in [2.75, 3.05) is 18.1 Å². The molecule has 2 N–H and O–H groups in total. The molecule has 6 nitrogen and oxygen atoms in total. The van der Waals surface area contributed by atoms with Crippen LogP contribution in [-0.2, 0) is 33.4 Å². The lowest BCUT2D eigenvalue weighted by Crippen LogP contribution is -2.39. The summed E-state index contributed by atoms with van der Waals surface area (Å²) in [4.78, 5) is 12.2. The third kappa shape index (κ3) is 5.06. The van der Waals surface area contributed by atoms with Gasteiger partial charge in [-0.25, -0.2) is 13.2 Å². The van der Waals surface area contributed by atoms with Crippen molar-refractivity contribution in [3.63, 3.8) is 0 Å². The Morgan fingerprint density at radius 2 is 1.81 bits per heavy atom. The molecule has 138 valence electrons. The molecule has 7 heteroatoms. The Morgan fingerprint density at radius 3 is 2.58 bits per heavy atom. The minimum Gasteiger partial charge on any atom is -0.371 e. The molecule has 0 saturated heterocycles. The summed E-state index contributed by atoms with van der Waals surface area (Å²) < 4.78 is 28.8. The molecule has 1 atom stereocenters. The molecule has 3 rings (SSSR count). The molecule has 26 heavy (non-hydrogen) atoms. The first-order valence-corrected chi connectivity index (χ1v) is 10.5. The van der Waals surface area contributed by atoms with Crippen molar-refractivity contribution in [1.82, 2.24) is 5.32 Å². The molecule has 2 aromatic carbocycles. The van der Waals surface area contributed by atoms with Crippen molar-refractivity contribution >= 4 is 21.6 Å². The lowest BCUT2D eigenvalue weighted by Gasteiger charge is -2.25. The standard InChI is InChI=1S/C19H22N2O4S/c1-26(23,24)13-16-8-4-5-9-18(16)21-19(22)20-11-17-10-14-6-2-3-7-15(14)12-25-17/h2-9,17H,10-13H2,1H3,(H2,20,21,22)/t17-/m0/s1. The van der Waals surface area contributed by atoms with E-state index in [9.17, 15) is 13.2 Å². The average Bonchev–Trinajstić information content (AvgIpc) is 2.60. The van der Waals surface area contributed by atoms with Crippen LogP contribution in [0.3, 0.4) is 0 Å². The summed E-state index contributed by atoms with van der Waals surface area (Å²) in [6.07, 6.45) is 1.84. The molecule has 0 bridgehead atoms. The lowest BCUT2D eigenvalue weighted by molar-refractivity contribution is 0.0308. The van der Waals surface area contributed by atoms with E-state index in [0.717, 1.165) is 6.42 Å². The topological polar surface area (TPSA) is 84.5 Å². The first kappa shape index (κ1) is 18.4. The maximum absolute atomic E-state index is 12.2. The number of para-hydroxylation sites is 1. The number of anilines is 1. The van der Waals surface area contributed by atoms with Crippen LogP contribution in [0, 0.1) is 0 Å². The van der Waals surface area contributed by atoms with Gasteiger partial charge in [0.05, 0.1) is 18.5 Å². The Labute approximate surface area is 153 Å². The van der Waals surface area contributed by atoms with Crippen molar-refractivity contribution < 1.29 is 17.9 Å². The molecule has 2 aromatic rings. The number of nitrogens with one attached hydrogen (secondary N) is 2. The van der Waals surface area contributed by atoms with Gasteiger partial charge >= 0.3 is 6.03 Å². The number of hydrogen-bond donors (Lipinski definition) is 2. The van der Waals surface area contributed by atoms with Crippen LogP contribution in [0.1, 0.15) is 16.7 Å². The van der Waals surface area contributed by atoms with E-state index < -0.39 is 9.84 Å². The highest BCUT2D eigenvalue weighted by Gasteiger charge is 2.19. The molecule has 0 aliphatic carbocycles. The van der Waals surface area contributed by atoms with E-state index in [-0.39, 0.29) is 17.9 Å². The second kappa shape index (κ2) is 7.88. The number of fused-ring (bicyclic) bond motifs is 1. The maximum atomic E-state index is 12.2. The molecule has 2 amide bonds. The molecule has 1 aliphatic rings. The zero-order valence-corrected chi connectivity index (χ0v) is 15.4. The first-order valence-electron chi connectivity index (χ1n) is 8.39. The van der Waals surface area contributed by atoms with Gasteiger partial charge in [-0.1, -0.05) is 42.5 Å². The zero-order chi connectivity index (χ0) is 18.6. The van der Waals surface area contributed by atoms with Crippen LogP contribution in [0.25, 0.3) is 0 Å². The predicted molar refractivity (Wildman–Crippen MR) is 101 cm³/mol. The summed E-state index contributed by atoms with van der Waals surface area (Å²) in [6.45, 7) is 0.926. The molecular formula is C19H22N2O4S. The van der Waals surface area contributed by atoms with Gasteiger partial charge in [-0.15, -0.1) is 0 Å². The number of carbonyl (C=O) groups excluding carboxylic acids is 1. The van der Waals surface area contributed by atoms with Crippen LogP contribution in [0.4, 0.5) is 10.5 Å². The number of ether oxygens (including phenoxy) is 1. The number of amides is 2. The Kier molecular flexibility index (Phi) is 5.58. The van der Waals surface area contributed by atoms with Crippen molar-refractivity contribution in [3.05, 3.63) is 65.2 Å². The lowest BCUT2D eigenvalue weighted by atomic mass is 9.99. The van der Waals surface area contributed by atoms with E-state index in [4.69, 9.17) is 4.74 Å². The van der Waals surface area contributed by atoms with Gasteiger partial charge in [0.25, 0.3) is 0 Å². The van der Waals surface area contributed by atoms with Gasteiger partial charge < -0.3 is 15.4 Å². The highest BCUT2D eigenvalue weighted by Crippen LogP contribution is 2.20. The second-order valence-corrected chi connectivity index (χ2v) is 8.61. The van der Waals surface area contributed by atoms with E-state index in [1.54, 1.807) is 24.3 Å². The summed E-state index contributed by atoms with van der Waals surface area (Å²) in [5, 5.41) is 5.52. The fourth-order valence-corrected chi connectivity index (χ4v) is 3.78. The van der Waals surface area contributed by atoms with Gasteiger partial charge in [0, 0.05) is 24.9 Å². The summed E-state index contributed by atoms with van der Waals surface area (Å²) >= 11 is 0. The smallest absolute Gasteiger partial charge is 0.319 e. The highest BCUT2D eigenvalue weighted by atomic mass is 32.2. The average molecular weight is 374 g/mol. The monoisotopic (exact) mass is 374 g/mol. The molecule has 0 saturated carbocycles. The van der Waals surface area contributed by atoms with E-state index >= 15 is 0 Å². The third-order valence-electron chi connectivity index (χ3n) is 4.21. The van der Waals surface area contributed by atoms with Crippen molar-refractivity contribution in [3.8, 4) is 0 Å². The van der Waals surface area contributed by atoms with Gasteiger partial charge in [-0.3, -0.25) is 0 Å². The third-order valence-corrected chi connectivity index (χ3v) is 5.05. The number of hydrogen-bond acceptors (Lipinski definition) is 4. The number of benzene rings is 2. The Morgan fingerprint density at radius 1 is 1.12 bits per heavy atom. The quantitative estimate of drug-likeness (QED) is 0.842. The molecule has 0 fully saturated rings. The van der Waals surface area contributed by atoms with Gasteiger partial charge in [0.1, 0.15) is 0 Å². The van der Waals surface area contributed by atoms with E-state index in [2.05, 4.69) is 16.7 Å². The molecule has 0 aromatic heterocycles. The van der Waals surface area contributed by atoms with Crippen molar-refractivity contribution in [2.45, 2.75) is 24.9 Å². The number of sulfone groups is 1. The largest absolute Gasteiger partial charge is 0.371 e. The second-order valence-electron chi connectivity index (χ2n) is 6.47. The summed E-state index contributed by atoms with van der Waals surface area (Å²) in [5.41, 5.74) is 3.48. The van der Waals surface area contributed by atoms with E-state index in [1.807, 2.05) is 18.2 Å². The number of carbonyl (C=O) groups is 1. The summed E-state index contributed by atoms with van der Waals surface area (Å²) in [7, 11) is -3.18. The van der Waals surface area contributed by atoms with E-state index in [1.165, 1.54) is 17.4 Å². The molecular weight excluding hydrogens is 352 g/mol. The Hall–Kier alpha value is -2.38. The molecule has 0 radical (unpaired) electrons. The summed E-state index contributed by atoms with van der Waals surface area (Å²) in [6, 6.07) is 14.6.